The monoisotopic (exact) mass is 719 g/mol. The summed E-state index contributed by atoms with van der Waals surface area (Å²) in [5, 5.41) is 7.82. The van der Waals surface area contributed by atoms with Crippen LogP contribution in [-0.2, 0) is 31.0 Å². The number of anilines is 1. The first-order valence-corrected chi connectivity index (χ1v) is 19.5. The summed E-state index contributed by atoms with van der Waals surface area (Å²) < 4.78 is 33.5. The second-order valence-electron chi connectivity index (χ2n) is 15.0. The van der Waals surface area contributed by atoms with Crippen LogP contribution in [0.2, 0.25) is 0 Å². The van der Waals surface area contributed by atoms with Crippen molar-refractivity contribution in [1.82, 2.24) is 14.7 Å². The van der Waals surface area contributed by atoms with E-state index in [-0.39, 0.29) is 43.3 Å². The van der Waals surface area contributed by atoms with E-state index in [0.29, 0.717) is 43.9 Å². The number of halogens is 1. The van der Waals surface area contributed by atoms with Crippen LogP contribution in [0.15, 0.2) is 30.5 Å². The van der Waals surface area contributed by atoms with E-state index in [1.165, 1.54) is 6.92 Å². The van der Waals surface area contributed by atoms with Crippen molar-refractivity contribution in [1.29, 1.82) is 0 Å². The molecule has 2 aliphatic heterocycles. The minimum Gasteiger partial charge on any atom is -0.460 e. The Morgan fingerprint density at radius 1 is 1.06 bits per heavy atom. The van der Waals surface area contributed by atoms with E-state index in [0.717, 1.165) is 36.9 Å². The predicted molar refractivity (Wildman–Crippen MR) is 207 cm³/mol. The number of rotatable bonds is 12. The number of likely N-dealkylation sites (tertiary alicyclic amines) is 1. The third kappa shape index (κ3) is 12.3. The van der Waals surface area contributed by atoms with Gasteiger partial charge in [-0.15, -0.1) is 0 Å². The van der Waals surface area contributed by atoms with Gasteiger partial charge in [-0.1, -0.05) is 61.0 Å². The molecule has 51 heavy (non-hydrogen) atoms. The molecule has 2 saturated heterocycles. The number of hydrogen-bond acceptors (Lipinski definition) is 7. The largest absolute Gasteiger partial charge is 0.460 e. The maximum Gasteiger partial charge on any atom is 0.311 e. The zero-order valence-electron chi connectivity index (χ0n) is 34.0. The molecule has 2 aliphatic rings. The quantitative estimate of drug-likeness (QED) is 0.219. The number of aryl methyl sites for hydroxylation is 1. The topological polar surface area (TPSA) is 94.9 Å². The van der Waals surface area contributed by atoms with Gasteiger partial charge in [-0.25, -0.2) is 4.39 Å². The highest BCUT2D eigenvalue weighted by molar-refractivity contribution is 5.98. The maximum atomic E-state index is 14.5. The average Bonchev–Trinajstić information content (AvgIpc) is 3.57. The number of nitrogens with zero attached hydrogens (tertiary/aromatic N) is 3. The van der Waals surface area contributed by atoms with Gasteiger partial charge in [0, 0.05) is 39.9 Å². The van der Waals surface area contributed by atoms with Gasteiger partial charge in [-0.2, -0.15) is 5.10 Å². The first kappa shape index (κ1) is 44.2. The Balaban J connectivity index is 0.00000261. The summed E-state index contributed by atoms with van der Waals surface area (Å²) in [4.78, 5) is 30.4. The highest BCUT2D eigenvalue weighted by Crippen LogP contribution is 2.38. The smallest absolute Gasteiger partial charge is 0.311 e. The molecule has 5 atom stereocenters. The number of piperidine rings is 1. The highest BCUT2D eigenvalue weighted by Gasteiger charge is 2.47. The van der Waals surface area contributed by atoms with Gasteiger partial charge < -0.3 is 24.4 Å². The van der Waals surface area contributed by atoms with Crippen LogP contribution in [-0.4, -0.2) is 70.4 Å². The van der Waals surface area contributed by atoms with Gasteiger partial charge in [0.2, 0.25) is 6.36 Å². The molecule has 2 aromatic rings. The Morgan fingerprint density at radius 2 is 1.67 bits per heavy atom. The van der Waals surface area contributed by atoms with Crippen molar-refractivity contribution in [3.63, 3.8) is 0 Å². The average molecular weight is 719 g/mol. The Bertz CT molecular complexity index is 1340. The number of nitrogens with one attached hydrogen (secondary N) is 1. The van der Waals surface area contributed by atoms with Crippen molar-refractivity contribution in [2.75, 3.05) is 25.0 Å². The van der Waals surface area contributed by atoms with E-state index < -0.39 is 17.5 Å². The lowest BCUT2D eigenvalue weighted by atomic mass is 9.80. The molecule has 2 fully saturated rings. The van der Waals surface area contributed by atoms with Gasteiger partial charge in [0.15, 0.2) is 0 Å². The molecule has 3 heterocycles. The van der Waals surface area contributed by atoms with E-state index in [1.54, 1.807) is 12.3 Å². The summed E-state index contributed by atoms with van der Waals surface area (Å²) in [5.74, 6) is -0.0780. The minimum atomic E-state index is -1.53. The number of carbonyl (C=O) groups is 2. The first-order chi connectivity index (χ1) is 24.1. The SMILES string of the molecule is CC.CC.CCCc1ccc(NC(=O)C2(n3nccc3C(C)C)CCN(C[C@@H](C(=O)OC(C)(C)C)C3C[C@@H](C)O[C@@H](C)C3)CC2)c(OC(C)F)c1.[HH]. The molecular weight excluding hydrogens is 647 g/mol. The van der Waals surface area contributed by atoms with Crippen LogP contribution in [0.3, 0.4) is 0 Å². The van der Waals surface area contributed by atoms with E-state index in [4.69, 9.17) is 19.3 Å². The Morgan fingerprint density at radius 3 is 2.20 bits per heavy atom. The molecule has 10 heteroatoms. The molecule has 0 saturated carbocycles. The molecule has 2 unspecified atom stereocenters. The Hall–Kier alpha value is -2.98. The molecule has 1 aromatic heterocycles. The zero-order chi connectivity index (χ0) is 38.5. The summed E-state index contributed by atoms with van der Waals surface area (Å²) in [5.41, 5.74) is 0.858. The normalized spacial score (nSPS) is 21.7. The van der Waals surface area contributed by atoms with Gasteiger partial charge in [-0.3, -0.25) is 14.3 Å². The zero-order valence-corrected chi connectivity index (χ0v) is 34.0. The van der Waals surface area contributed by atoms with Gasteiger partial charge in [-0.05, 0) is 102 Å². The van der Waals surface area contributed by atoms with Crippen LogP contribution in [0.1, 0.15) is 141 Å². The summed E-state index contributed by atoms with van der Waals surface area (Å²) in [6.45, 7) is 27.2. The number of carbonyl (C=O) groups excluding carboxylic acids is 2. The fourth-order valence-corrected chi connectivity index (χ4v) is 7.23. The molecule has 1 N–H and O–H groups in total. The molecule has 1 amide bonds. The molecule has 0 aliphatic carbocycles. The van der Waals surface area contributed by atoms with Crippen molar-refractivity contribution in [2.24, 2.45) is 11.8 Å². The number of hydrogen-bond donors (Lipinski definition) is 1. The highest BCUT2D eigenvalue weighted by atomic mass is 19.1. The van der Waals surface area contributed by atoms with E-state index in [9.17, 15) is 14.0 Å². The van der Waals surface area contributed by atoms with Crippen molar-refractivity contribution in [3.8, 4) is 5.75 Å². The lowest BCUT2D eigenvalue weighted by Gasteiger charge is -2.44. The molecule has 4 rings (SSSR count). The van der Waals surface area contributed by atoms with E-state index in [1.807, 2.05) is 71.3 Å². The molecule has 0 bridgehead atoms. The van der Waals surface area contributed by atoms with Crippen molar-refractivity contribution < 1.29 is 29.6 Å². The van der Waals surface area contributed by atoms with Gasteiger partial charge >= 0.3 is 5.97 Å². The fraction of sp³-hybridized carbons (Fsp3) is 0.732. The lowest BCUT2D eigenvalue weighted by Crippen LogP contribution is -2.55. The summed E-state index contributed by atoms with van der Waals surface area (Å²) in [6.07, 6.45) is 4.73. The van der Waals surface area contributed by atoms with Crippen molar-refractivity contribution in [3.05, 3.63) is 41.7 Å². The predicted octanol–water partition coefficient (Wildman–Crippen LogP) is 9.54. The van der Waals surface area contributed by atoms with Crippen molar-refractivity contribution in [2.45, 2.75) is 164 Å². The molecule has 0 radical (unpaired) electrons. The number of alkyl halides is 1. The molecule has 0 spiro atoms. The lowest BCUT2D eigenvalue weighted by molar-refractivity contribution is -0.166. The summed E-state index contributed by atoms with van der Waals surface area (Å²) >= 11 is 0. The van der Waals surface area contributed by atoms with Crippen LogP contribution in [0.25, 0.3) is 0 Å². The third-order valence-corrected chi connectivity index (χ3v) is 9.36. The van der Waals surface area contributed by atoms with E-state index >= 15 is 0 Å². The van der Waals surface area contributed by atoms with Crippen LogP contribution in [0, 0.1) is 11.8 Å². The molecular formula is C41H71FN4O5. The maximum absolute atomic E-state index is 14.5. The van der Waals surface area contributed by atoms with Crippen LogP contribution in [0.5, 0.6) is 5.75 Å². The van der Waals surface area contributed by atoms with Gasteiger partial charge in [0.05, 0.1) is 23.8 Å². The molecule has 292 valence electrons. The van der Waals surface area contributed by atoms with Crippen molar-refractivity contribution >= 4 is 17.6 Å². The van der Waals surface area contributed by atoms with Gasteiger partial charge in [0.25, 0.3) is 5.91 Å². The summed E-state index contributed by atoms with van der Waals surface area (Å²) in [6, 6.07) is 7.54. The molecule has 9 nitrogen and oxygen atoms in total. The number of esters is 1. The fourth-order valence-electron chi connectivity index (χ4n) is 7.23. The van der Waals surface area contributed by atoms with Crippen LogP contribution in [0.4, 0.5) is 10.1 Å². The van der Waals surface area contributed by atoms with E-state index in [2.05, 4.69) is 44.8 Å². The molecule has 1 aromatic carbocycles. The number of amides is 1. The standard InChI is InChI=1S/C37H57FN4O5.2C2H6.H2/c1-10-11-28-12-13-31(33(22-28)46-27(6)38)40-35(44)37(42-32(24(2)3)14-17-39-42)15-18-41(19-16-37)23-30(34(43)47-36(7,8)9)29-20-25(4)45-26(5)21-29;2*1-2;/h12-14,17,22,24-27,29-30H,10-11,15-16,18-21,23H2,1-9H3,(H,40,44);2*1-2H3;1H/t25-,26+,27?,29?,30-;;;/m1.../s1. The number of benzene rings is 1. The van der Waals surface area contributed by atoms with Crippen LogP contribution >= 0.6 is 0 Å². The third-order valence-electron chi connectivity index (χ3n) is 9.36. The first-order valence-electron chi connectivity index (χ1n) is 19.5. The number of aromatic nitrogens is 2. The summed E-state index contributed by atoms with van der Waals surface area (Å²) in [7, 11) is 0. The second kappa shape index (κ2) is 20.3. The minimum absolute atomic E-state index is 0. The Kier molecular flexibility index (Phi) is 17.6. The Labute approximate surface area is 309 Å². The van der Waals surface area contributed by atoms with Gasteiger partial charge in [0.1, 0.15) is 16.9 Å². The number of ether oxygens (including phenoxy) is 3. The second-order valence-corrected chi connectivity index (χ2v) is 15.0. The van der Waals surface area contributed by atoms with Crippen LogP contribution < -0.4 is 10.1 Å².